The summed E-state index contributed by atoms with van der Waals surface area (Å²) in [7, 11) is 0. The molecule has 1 amide bonds. The van der Waals surface area contributed by atoms with E-state index in [1.807, 2.05) is 24.3 Å². The van der Waals surface area contributed by atoms with Crippen molar-refractivity contribution in [1.82, 2.24) is 5.32 Å². The van der Waals surface area contributed by atoms with Gasteiger partial charge in [0.2, 0.25) is 0 Å². The minimum atomic E-state index is -0.0102. The second-order valence-electron chi connectivity index (χ2n) is 4.74. The molecule has 0 heterocycles. The second-order valence-corrected chi connectivity index (χ2v) is 6.55. The van der Waals surface area contributed by atoms with E-state index in [2.05, 4.69) is 27.9 Å². The monoisotopic (exact) mass is 377 g/mol. The average Bonchev–Trinajstić information content (AvgIpc) is 2.56. The van der Waals surface area contributed by atoms with Crippen molar-refractivity contribution in [3.8, 4) is 0 Å². The maximum absolute atomic E-state index is 12.1. The Bertz CT molecular complexity index is 407. The van der Waals surface area contributed by atoms with Gasteiger partial charge in [-0.3, -0.25) is 4.79 Å². The fraction of sp³-hybridized carbons (Fsp3) is 0.500. The van der Waals surface area contributed by atoms with Gasteiger partial charge in [-0.05, 0) is 59.7 Å². The van der Waals surface area contributed by atoms with Crippen LogP contribution >= 0.6 is 34.2 Å². The van der Waals surface area contributed by atoms with E-state index in [1.54, 1.807) is 0 Å². The lowest BCUT2D eigenvalue weighted by molar-refractivity contribution is 0.0934. The first-order chi connectivity index (χ1) is 8.66. The molecule has 2 nitrogen and oxygen atoms in total. The second kappa shape index (κ2) is 6.75. The highest BCUT2D eigenvalue weighted by molar-refractivity contribution is 14.1. The number of alkyl halides is 1. The first kappa shape index (κ1) is 14.1. The van der Waals surface area contributed by atoms with Crippen molar-refractivity contribution in [2.45, 2.75) is 43.5 Å². The van der Waals surface area contributed by atoms with E-state index < -0.39 is 0 Å². The molecule has 0 aliphatic heterocycles. The molecule has 1 aliphatic rings. The van der Waals surface area contributed by atoms with Crippen LogP contribution < -0.4 is 5.32 Å². The van der Waals surface area contributed by atoms with Gasteiger partial charge in [-0.2, -0.15) is 0 Å². The van der Waals surface area contributed by atoms with Crippen LogP contribution in [0.3, 0.4) is 0 Å². The molecule has 2 rings (SSSR count). The number of halogens is 2. The normalized spacial score (nSPS) is 24.3. The molecular formula is C14H17ClINO. The molecular weight excluding hydrogens is 361 g/mol. The van der Waals surface area contributed by atoms with Crippen molar-refractivity contribution >= 4 is 40.1 Å². The third kappa shape index (κ3) is 3.85. The Morgan fingerprint density at radius 1 is 1.17 bits per heavy atom. The topological polar surface area (TPSA) is 29.1 Å². The van der Waals surface area contributed by atoms with Crippen LogP contribution in [0, 0.1) is 3.57 Å². The van der Waals surface area contributed by atoms with Gasteiger partial charge < -0.3 is 5.32 Å². The van der Waals surface area contributed by atoms with Crippen LogP contribution in [0.1, 0.15) is 42.5 Å². The zero-order valence-electron chi connectivity index (χ0n) is 10.2. The number of nitrogens with one attached hydrogen (secondary N) is 1. The van der Waals surface area contributed by atoms with Gasteiger partial charge in [0.25, 0.3) is 5.91 Å². The number of amides is 1. The quantitative estimate of drug-likeness (QED) is 0.472. The summed E-state index contributed by atoms with van der Waals surface area (Å²) in [6.07, 6.45) is 5.54. The molecule has 1 saturated carbocycles. The molecule has 4 heteroatoms. The average molecular weight is 378 g/mol. The highest BCUT2D eigenvalue weighted by atomic mass is 127. The highest BCUT2D eigenvalue weighted by Gasteiger charge is 2.23. The fourth-order valence-corrected chi connectivity index (χ4v) is 2.98. The van der Waals surface area contributed by atoms with E-state index in [4.69, 9.17) is 11.6 Å². The smallest absolute Gasteiger partial charge is 0.251 e. The number of hydrogen-bond donors (Lipinski definition) is 1. The number of hydrogen-bond acceptors (Lipinski definition) is 1. The maximum Gasteiger partial charge on any atom is 0.251 e. The van der Waals surface area contributed by atoms with Gasteiger partial charge in [-0.1, -0.05) is 19.3 Å². The summed E-state index contributed by atoms with van der Waals surface area (Å²) < 4.78 is 1.13. The lowest BCUT2D eigenvalue weighted by atomic mass is 10.1. The highest BCUT2D eigenvalue weighted by Crippen LogP contribution is 2.22. The molecule has 1 fully saturated rings. The molecule has 0 saturated heterocycles. The Kier molecular flexibility index (Phi) is 5.30. The summed E-state index contributed by atoms with van der Waals surface area (Å²) >= 11 is 8.56. The summed E-state index contributed by atoms with van der Waals surface area (Å²) in [5.41, 5.74) is 0.712. The first-order valence-electron chi connectivity index (χ1n) is 6.37. The zero-order valence-corrected chi connectivity index (χ0v) is 13.1. The fourth-order valence-electron chi connectivity index (χ4n) is 2.28. The standard InChI is InChI=1S/C14H17ClINO/c15-12-4-2-1-3-5-13(12)17-14(18)10-6-8-11(16)9-7-10/h6-9,12-13H,1-5H2,(H,17,18). The molecule has 0 aromatic heterocycles. The summed E-state index contributed by atoms with van der Waals surface area (Å²) in [5, 5.41) is 3.14. The molecule has 0 bridgehead atoms. The molecule has 0 spiro atoms. The van der Waals surface area contributed by atoms with Gasteiger partial charge in [0, 0.05) is 15.2 Å². The van der Waals surface area contributed by atoms with Crippen molar-refractivity contribution in [1.29, 1.82) is 0 Å². The summed E-state index contributed by atoms with van der Waals surface area (Å²) in [6.45, 7) is 0. The van der Waals surface area contributed by atoms with E-state index in [0.29, 0.717) is 5.56 Å². The minimum absolute atomic E-state index is 0.0102. The van der Waals surface area contributed by atoms with Crippen LogP contribution in [0.4, 0.5) is 0 Å². The van der Waals surface area contributed by atoms with Gasteiger partial charge >= 0.3 is 0 Å². The van der Waals surface area contributed by atoms with Gasteiger partial charge in [0.15, 0.2) is 0 Å². The van der Waals surface area contributed by atoms with Crippen molar-refractivity contribution in [2.75, 3.05) is 0 Å². The predicted molar refractivity (Wildman–Crippen MR) is 83.1 cm³/mol. The molecule has 18 heavy (non-hydrogen) atoms. The lowest BCUT2D eigenvalue weighted by Gasteiger charge is -2.21. The van der Waals surface area contributed by atoms with Crippen molar-refractivity contribution < 1.29 is 4.79 Å². The first-order valence-corrected chi connectivity index (χ1v) is 7.89. The van der Waals surface area contributed by atoms with Crippen LogP contribution in [0.15, 0.2) is 24.3 Å². The molecule has 1 aliphatic carbocycles. The van der Waals surface area contributed by atoms with E-state index in [9.17, 15) is 4.79 Å². The van der Waals surface area contributed by atoms with Gasteiger partial charge in [-0.25, -0.2) is 0 Å². The van der Waals surface area contributed by atoms with Crippen molar-refractivity contribution in [2.24, 2.45) is 0 Å². The number of carbonyl (C=O) groups excluding carboxylic acids is 1. The van der Waals surface area contributed by atoms with Gasteiger partial charge in [-0.15, -0.1) is 11.6 Å². The van der Waals surface area contributed by atoms with Crippen LogP contribution in [-0.4, -0.2) is 17.3 Å². The SMILES string of the molecule is O=C(NC1CCCCCC1Cl)c1ccc(I)cc1. The molecule has 98 valence electrons. The van der Waals surface area contributed by atoms with Gasteiger partial charge in [0.05, 0.1) is 5.38 Å². The molecule has 1 N–H and O–H groups in total. The predicted octanol–water partition coefficient (Wildman–Crippen LogP) is 3.96. The van der Waals surface area contributed by atoms with Crippen LogP contribution in [0.2, 0.25) is 0 Å². The molecule has 0 radical (unpaired) electrons. The third-order valence-electron chi connectivity index (χ3n) is 3.35. The minimum Gasteiger partial charge on any atom is -0.348 e. The third-order valence-corrected chi connectivity index (χ3v) is 4.60. The van der Waals surface area contributed by atoms with Gasteiger partial charge in [0.1, 0.15) is 0 Å². The Hall–Kier alpha value is -0.290. The van der Waals surface area contributed by atoms with E-state index in [-0.39, 0.29) is 17.3 Å². The number of benzene rings is 1. The maximum atomic E-state index is 12.1. The zero-order chi connectivity index (χ0) is 13.0. The Labute approximate surface area is 127 Å². The van der Waals surface area contributed by atoms with Crippen LogP contribution in [-0.2, 0) is 0 Å². The summed E-state index contributed by atoms with van der Waals surface area (Å²) in [6, 6.07) is 7.72. The van der Waals surface area contributed by atoms with Crippen molar-refractivity contribution in [3.05, 3.63) is 33.4 Å². The van der Waals surface area contributed by atoms with Crippen LogP contribution in [0.5, 0.6) is 0 Å². The number of rotatable bonds is 2. The van der Waals surface area contributed by atoms with E-state index in [1.165, 1.54) is 12.8 Å². The molecule has 1 aromatic carbocycles. The Morgan fingerprint density at radius 3 is 2.56 bits per heavy atom. The van der Waals surface area contributed by atoms with E-state index in [0.717, 1.165) is 22.8 Å². The van der Waals surface area contributed by atoms with E-state index >= 15 is 0 Å². The lowest BCUT2D eigenvalue weighted by Crippen LogP contribution is -2.40. The Morgan fingerprint density at radius 2 is 1.83 bits per heavy atom. The molecule has 1 aromatic rings. The number of carbonyl (C=O) groups is 1. The Balaban J connectivity index is 1.99. The van der Waals surface area contributed by atoms with Crippen molar-refractivity contribution in [3.63, 3.8) is 0 Å². The molecule has 2 unspecified atom stereocenters. The summed E-state index contributed by atoms with van der Waals surface area (Å²) in [4.78, 5) is 12.1. The van der Waals surface area contributed by atoms with Crippen LogP contribution in [0.25, 0.3) is 0 Å². The largest absolute Gasteiger partial charge is 0.348 e. The molecule has 2 atom stereocenters. The summed E-state index contributed by atoms with van der Waals surface area (Å²) in [5.74, 6) is -0.0102.